The highest BCUT2D eigenvalue weighted by molar-refractivity contribution is 9.10. The summed E-state index contributed by atoms with van der Waals surface area (Å²) in [6.45, 7) is 0.400. The van der Waals surface area contributed by atoms with Crippen molar-refractivity contribution in [3.05, 3.63) is 58.7 Å². The Bertz CT molecular complexity index is 910. The van der Waals surface area contributed by atoms with Crippen LogP contribution in [-0.4, -0.2) is 9.55 Å². The van der Waals surface area contributed by atoms with Crippen LogP contribution in [0.15, 0.2) is 53.1 Å². The van der Waals surface area contributed by atoms with Crippen LogP contribution in [0, 0.1) is 11.3 Å². The lowest BCUT2D eigenvalue weighted by Gasteiger charge is -2.21. The van der Waals surface area contributed by atoms with Gasteiger partial charge in [0.25, 0.3) is 0 Å². The van der Waals surface area contributed by atoms with Crippen molar-refractivity contribution < 1.29 is 4.74 Å². The molecule has 0 radical (unpaired) electrons. The number of rotatable bonds is 1. The van der Waals surface area contributed by atoms with E-state index in [2.05, 4.69) is 27.0 Å². The van der Waals surface area contributed by atoms with Crippen LogP contribution in [0.25, 0.3) is 22.6 Å². The molecule has 0 saturated heterocycles. The molecule has 1 aliphatic rings. The van der Waals surface area contributed by atoms with E-state index in [-0.39, 0.29) is 0 Å². The summed E-state index contributed by atoms with van der Waals surface area (Å²) in [5, 5.41) is 9.10. The van der Waals surface area contributed by atoms with Crippen molar-refractivity contribution in [2.75, 3.05) is 0 Å². The maximum atomic E-state index is 9.10. The molecule has 0 fully saturated rings. The van der Waals surface area contributed by atoms with Crippen molar-refractivity contribution in [3.63, 3.8) is 0 Å². The Morgan fingerprint density at radius 1 is 1.18 bits per heavy atom. The van der Waals surface area contributed by atoms with E-state index in [4.69, 9.17) is 10.00 Å². The zero-order valence-corrected chi connectivity index (χ0v) is 13.0. The zero-order chi connectivity index (χ0) is 15.1. The van der Waals surface area contributed by atoms with Gasteiger partial charge in [0.2, 0.25) is 0 Å². The number of halogens is 1. The van der Waals surface area contributed by atoms with Crippen LogP contribution < -0.4 is 4.74 Å². The van der Waals surface area contributed by atoms with E-state index >= 15 is 0 Å². The number of hydrogen-bond donors (Lipinski definition) is 0. The van der Waals surface area contributed by atoms with E-state index in [1.807, 2.05) is 47.0 Å². The summed E-state index contributed by atoms with van der Waals surface area (Å²) < 4.78 is 8.61. The third-order valence-electron chi connectivity index (χ3n) is 3.67. The molecule has 2 heterocycles. The summed E-state index contributed by atoms with van der Waals surface area (Å²) in [6, 6.07) is 17.6. The van der Waals surface area contributed by atoms with E-state index < -0.39 is 0 Å². The van der Waals surface area contributed by atoms with Crippen LogP contribution in [0.2, 0.25) is 0 Å². The van der Waals surface area contributed by atoms with E-state index in [0.29, 0.717) is 12.3 Å². The highest BCUT2D eigenvalue weighted by atomic mass is 79.9. The van der Waals surface area contributed by atoms with Crippen molar-refractivity contribution in [2.45, 2.75) is 6.73 Å². The van der Waals surface area contributed by atoms with Gasteiger partial charge in [-0.2, -0.15) is 5.26 Å². The Morgan fingerprint density at radius 2 is 2.00 bits per heavy atom. The van der Waals surface area contributed by atoms with Gasteiger partial charge in [0.1, 0.15) is 16.2 Å². The average Bonchev–Trinajstić information content (AvgIpc) is 2.91. The predicted octanol–water partition coefficient (Wildman–Crippen LogP) is 4.20. The molecule has 0 amide bonds. The van der Waals surface area contributed by atoms with Crippen LogP contribution in [0.5, 0.6) is 5.75 Å². The number of fused-ring (bicyclic) bond motifs is 3. The summed E-state index contributed by atoms with van der Waals surface area (Å²) >= 11 is 3.55. The second-order valence-electron chi connectivity index (χ2n) is 4.97. The van der Waals surface area contributed by atoms with Crippen molar-refractivity contribution in [3.8, 4) is 34.5 Å². The molecule has 0 unspecified atom stereocenters. The smallest absolute Gasteiger partial charge is 0.167 e. The van der Waals surface area contributed by atoms with Crippen LogP contribution >= 0.6 is 15.9 Å². The van der Waals surface area contributed by atoms with Crippen molar-refractivity contribution in [2.24, 2.45) is 0 Å². The average molecular weight is 352 g/mol. The lowest BCUT2D eigenvalue weighted by molar-refractivity contribution is 0.231. The number of ether oxygens (including phenoxy) is 1. The van der Waals surface area contributed by atoms with E-state index in [0.717, 1.165) is 33.0 Å². The van der Waals surface area contributed by atoms with Gasteiger partial charge in [-0.3, -0.25) is 4.57 Å². The first-order chi connectivity index (χ1) is 10.8. The Morgan fingerprint density at radius 3 is 2.77 bits per heavy atom. The normalized spacial score (nSPS) is 12.0. The van der Waals surface area contributed by atoms with Gasteiger partial charge in [-0.05, 0) is 34.1 Å². The summed E-state index contributed by atoms with van der Waals surface area (Å²) in [4.78, 5) is 4.63. The monoisotopic (exact) mass is 351 g/mol. The molecule has 0 N–H and O–H groups in total. The fraction of sp³-hybridized carbons (Fsp3) is 0.0588. The van der Waals surface area contributed by atoms with E-state index in [1.165, 1.54) is 0 Å². The molecule has 1 aliphatic heterocycles. The minimum absolute atomic E-state index is 0.400. The zero-order valence-electron chi connectivity index (χ0n) is 11.5. The molecule has 106 valence electrons. The number of hydrogen-bond acceptors (Lipinski definition) is 3. The maximum Gasteiger partial charge on any atom is 0.167 e. The van der Waals surface area contributed by atoms with Gasteiger partial charge < -0.3 is 4.74 Å². The summed E-state index contributed by atoms with van der Waals surface area (Å²) in [5.41, 5.74) is 3.48. The minimum atomic E-state index is 0.400. The van der Waals surface area contributed by atoms with Gasteiger partial charge in [-0.15, -0.1) is 0 Å². The molecule has 4 nitrogen and oxygen atoms in total. The van der Waals surface area contributed by atoms with Gasteiger partial charge in [0, 0.05) is 5.56 Å². The molecule has 0 saturated carbocycles. The number of aromatic nitrogens is 2. The standard InChI is InChI=1S/C17H10BrN3O/c18-16-15(12-4-2-1-3-5-12)21-10-22-14-7-6-11(9-19)8-13(14)17(21)20-16/h1-8H,10H2. The third-order valence-corrected chi connectivity index (χ3v) is 4.22. The Kier molecular flexibility index (Phi) is 2.98. The van der Waals surface area contributed by atoms with Crippen LogP contribution in [-0.2, 0) is 6.73 Å². The molecular weight excluding hydrogens is 342 g/mol. The molecule has 0 aliphatic carbocycles. The first kappa shape index (κ1) is 13.1. The van der Waals surface area contributed by atoms with Crippen LogP contribution in [0.3, 0.4) is 0 Å². The van der Waals surface area contributed by atoms with Gasteiger partial charge in [-0.25, -0.2) is 4.98 Å². The molecule has 0 bridgehead atoms. The summed E-state index contributed by atoms with van der Waals surface area (Å²) in [5.74, 6) is 1.56. The van der Waals surface area contributed by atoms with Gasteiger partial charge >= 0.3 is 0 Å². The fourth-order valence-corrected chi connectivity index (χ4v) is 3.27. The Hall–Kier alpha value is -2.58. The topological polar surface area (TPSA) is 50.8 Å². The van der Waals surface area contributed by atoms with Crippen molar-refractivity contribution in [1.29, 1.82) is 5.26 Å². The number of nitrogens with zero attached hydrogens (tertiary/aromatic N) is 3. The molecule has 2 aromatic carbocycles. The Balaban J connectivity index is 1.95. The lowest BCUT2D eigenvalue weighted by Crippen LogP contribution is -2.14. The van der Waals surface area contributed by atoms with Crippen molar-refractivity contribution >= 4 is 15.9 Å². The van der Waals surface area contributed by atoms with Gasteiger partial charge in [0.15, 0.2) is 6.73 Å². The third kappa shape index (κ3) is 1.92. The van der Waals surface area contributed by atoms with Crippen LogP contribution in [0.1, 0.15) is 5.56 Å². The molecule has 5 heteroatoms. The quantitative estimate of drug-likeness (QED) is 0.660. The number of benzene rings is 2. The molecular formula is C17H10BrN3O. The highest BCUT2D eigenvalue weighted by Gasteiger charge is 2.25. The second kappa shape index (κ2) is 5.00. The molecule has 22 heavy (non-hydrogen) atoms. The summed E-state index contributed by atoms with van der Waals surface area (Å²) in [6.07, 6.45) is 0. The summed E-state index contributed by atoms with van der Waals surface area (Å²) in [7, 11) is 0. The first-order valence-electron chi connectivity index (χ1n) is 6.76. The fourth-order valence-electron chi connectivity index (χ4n) is 2.66. The molecule has 3 aromatic rings. The first-order valence-corrected chi connectivity index (χ1v) is 7.56. The van der Waals surface area contributed by atoms with Gasteiger partial charge in [0.05, 0.1) is 22.9 Å². The van der Waals surface area contributed by atoms with Crippen molar-refractivity contribution in [1.82, 2.24) is 9.55 Å². The second-order valence-corrected chi connectivity index (χ2v) is 5.72. The Labute approximate surface area is 135 Å². The number of imidazole rings is 1. The molecule has 4 rings (SSSR count). The molecule has 0 atom stereocenters. The van der Waals surface area contributed by atoms with E-state index in [9.17, 15) is 0 Å². The predicted molar refractivity (Wildman–Crippen MR) is 86.1 cm³/mol. The molecule has 0 spiro atoms. The number of nitriles is 1. The maximum absolute atomic E-state index is 9.10. The minimum Gasteiger partial charge on any atom is -0.472 e. The van der Waals surface area contributed by atoms with Crippen LogP contribution in [0.4, 0.5) is 0 Å². The lowest BCUT2D eigenvalue weighted by atomic mass is 10.1. The highest BCUT2D eigenvalue weighted by Crippen LogP contribution is 2.40. The van der Waals surface area contributed by atoms with E-state index in [1.54, 1.807) is 6.07 Å². The SMILES string of the molecule is N#Cc1ccc2c(c1)-c1nc(Br)c(-c3ccccc3)n1CO2. The molecule has 1 aromatic heterocycles. The van der Waals surface area contributed by atoms with Gasteiger partial charge in [-0.1, -0.05) is 30.3 Å². The largest absolute Gasteiger partial charge is 0.472 e.